The number of ether oxygens (including phenoxy) is 1. The lowest BCUT2D eigenvalue weighted by Crippen LogP contribution is -2.33. The Kier molecular flexibility index (Phi) is 6.64. The molecule has 0 atom stereocenters. The average molecular weight is 247 g/mol. The fourth-order valence-electron chi connectivity index (χ4n) is 1.48. The lowest BCUT2D eigenvalue weighted by atomic mass is 10.2. The van der Waals surface area contributed by atoms with Crippen molar-refractivity contribution in [3.05, 3.63) is 29.8 Å². The predicted molar refractivity (Wildman–Crippen MR) is 72.7 cm³/mol. The molecule has 0 saturated heterocycles. The van der Waals surface area contributed by atoms with Crippen LogP contribution < -0.4 is 5.19 Å². The summed E-state index contributed by atoms with van der Waals surface area (Å²) in [5, 5.41) is 1.32. The molecule has 0 N–H and O–H groups in total. The molecule has 0 amide bonds. The van der Waals surface area contributed by atoms with Gasteiger partial charge in [-0.25, -0.2) is 0 Å². The van der Waals surface area contributed by atoms with E-state index in [-0.39, 0.29) is 0 Å². The minimum atomic E-state index is -0.897. The number of rotatable bonds is 7. The highest BCUT2D eigenvalue weighted by molar-refractivity contribution is 6.67. The number of hydrogen-bond donors (Lipinski definition) is 0. The molecule has 0 fully saturated rings. The van der Waals surface area contributed by atoms with Gasteiger partial charge in [0.05, 0.1) is 13.2 Å². The van der Waals surface area contributed by atoms with Gasteiger partial charge in [-0.15, -0.1) is 6.42 Å². The molecule has 0 aliphatic carbocycles. The van der Waals surface area contributed by atoms with Crippen LogP contribution in [0.15, 0.2) is 24.3 Å². The van der Waals surface area contributed by atoms with Crippen molar-refractivity contribution in [1.82, 2.24) is 0 Å². The molecule has 0 heterocycles. The maximum atomic E-state index is 5.87. The Labute approximate surface area is 106 Å². The van der Waals surface area contributed by atoms with Crippen LogP contribution in [-0.4, -0.2) is 28.9 Å². The van der Waals surface area contributed by atoms with Gasteiger partial charge in [-0.1, -0.05) is 42.7 Å². The number of benzene rings is 1. The van der Waals surface area contributed by atoms with Crippen molar-refractivity contribution in [1.29, 1.82) is 0 Å². The van der Waals surface area contributed by atoms with Crippen molar-refractivity contribution in [3.8, 4) is 12.3 Å². The van der Waals surface area contributed by atoms with Gasteiger partial charge in [0, 0.05) is 0 Å². The van der Waals surface area contributed by atoms with Crippen LogP contribution in [0.25, 0.3) is 0 Å². The molecule has 1 radical (unpaired) electrons. The van der Waals surface area contributed by atoms with Gasteiger partial charge in [0.2, 0.25) is 9.04 Å². The van der Waals surface area contributed by atoms with Crippen LogP contribution in [0, 0.1) is 19.3 Å². The lowest BCUT2D eigenvalue weighted by molar-refractivity contribution is 0.125. The summed E-state index contributed by atoms with van der Waals surface area (Å²) in [7, 11) is -0.897. The van der Waals surface area contributed by atoms with E-state index in [4.69, 9.17) is 15.6 Å². The zero-order chi connectivity index (χ0) is 12.5. The summed E-state index contributed by atoms with van der Waals surface area (Å²) >= 11 is 0. The zero-order valence-electron chi connectivity index (χ0n) is 10.5. The fraction of sp³-hybridized carbons (Fsp3) is 0.429. The van der Waals surface area contributed by atoms with Gasteiger partial charge in [0.15, 0.2) is 0 Å². The number of terminal acetylenes is 1. The first kappa shape index (κ1) is 14.0. The van der Waals surface area contributed by atoms with Crippen molar-refractivity contribution in [2.24, 2.45) is 0 Å². The first-order chi connectivity index (χ1) is 8.27. The van der Waals surface area contributed by atoms with E-state index < -0.39 is 9.04 Å². The molecule has 17 heavy (non-hydrogen) atoms. The third-order valence-electron chi connectivity index (χ3n) is 2.38. The van der Waals surface area contributed by atoms with Gasteiger partial charge in [-0.05, 0) is 18.2 Å². The zero-order valence-corrected chi connectivity index (χ0v) is 11.5. The summed E-state index contributed by atoms with van der Waals surface area (Å²) in [6.07, 6.45) is 5.09. The molecule has 1 aromatic rings. The maximum Gasteiger partial charge on any atom is 0.246 e. The second-order valence-electron chi connectivity index (χ2n) is 3.75. The summed E-state index contributed by atoms with van der Waals surface area (Å²) < 4.78 is 11.1. The second-order valence-corrected chi connectivity index (χ2v) is 6.17. The minimum Gasteiger partial charge on any atom is -0.409 e. The Bertz CT molecular complexity index is 353. The quantitative estimate of drug-likeness (QED) is 0.416. The van der Waals surface area contributed by atoms with Crippen LogP contribution >= 0.6 is 0 Å². The lowest BCUT2D eigenvalue weighted by Gasteiger charge is -2.14. The highest BCUT2D eigenvalue weighted by Crippen LogP contribution is 1.99. The van der Waals surface area contributed by atoms with Crippen molar-refractivity contribution in [2.75, 3.05) is 19.8 Å². The smallest absolute Gasteiger partial charge is 0.246 e. The van der Waals surface area contributed by atoms with Crippen LogP contribution in [0.1, 0.15) is 12.5 Å². The summed E-state index contributed by atoms with van der Waals surface area (Å²) in [5.41, 5.74) is 1.28. The highest BCUT2D eigenvalue weighted by Gasteiger charge is 2.13. The Morgan fingerprint density at radius 2 is 1.94 bits per heavy atom. The molecule has 0 spiro atoms. The highest BCUT2D eigenvalue weighted by atomic mass is 28.3. The molecule has 0 aliphatic rings. The molecule has 2 nitrogen and oxygen atoms in total. The second kappa shape index (κ2) is 8.07. The Balaban J connectivity index is 2.38. The fourth-order valence-corrected chi connectivity index (χ4v) is 3.13. The third kappa shape index (κ3) is 5.18. The SMILES string of the molecule is C#CCOCCO[Si](CC)c1ccc(C)cc1. The van der Waals surface area contributed by atoms with Gasteiger partial charge in [0.1, 0.15) is 6.61 Å². The van der Waals surface area contributed by atoms with Crippen LogP contribution in [0.5, 0.6) is 0 Å². The first-order valence-corrected chi connectivity index (χ1v) is 7.46. The summed E-state index contributed by atoms with van der Waals surface area (Å²) in [5.74, 6) is 2.44. The van der Waals surface area contributed by atoms with Crippen LogP contribution in [0.3, 0.4) is 0 Å². The monoisotopic (exact) mass is 247 g/mol. The van der Waals surface area contributed by atoms with Gasteiger partial charge < -0.3 is 9.16 Å². The maximum absolute atomic E-state index is 5.87. The van der Waals surface area contributed by atoms with Crippen molar-refractivity contribution >= 4 is 14.2 Å². The largest absolute Gasteiger partial charge is 0.409 e. The van der Waals surface area contributed by atoms with Crippen LogP contribution in [0.4, 0.5) is 0 Å². The van der Waals surface area contributed by atoms with E-state index in [1.807, 2.05) is 0 Å². The van der Waals surface area contributed by atoms with Gasteiger partial charge in [0.25, 0.3) is 0 Å². The first-order valence-electron chi connectivity index (χ1n) is 5.84. The molecule has 1 rings (SSSR count). The molecule has 0 aliphatic heterocycles. The summed E-state index contributed by atoms with van der Waals surface area (Å²) in [4.78, 5) is 0. The molecular formula is C14H19O2Si. The standard InChI is InChI=1S/C14H19O2Si/c1-4-10-15-11-12-16-17(5-2)14-8-6-13(3)7-9-14/h1,6-9H,5,10-12H2,2-3H3. The average Bonchev–Trinajstić information content (AvgIpc) is 2.35. The topological polar surface area (TPSA) is 18.5 Å². The molecule has 3 heteroatoms. The molecule has 0 saturated carbocycles. The van der Waals surface area contributed by atoms with Gasteiger partial charge in [-0.2, -0.15) is 0 Å². The van der Waals surface area contributed by atoms with Gasteiger partial charge >= 0.3 is 0 Å². The number of aryl methyl sites for hydroxylation is 1. The minimum absolute atomic E-state index is 0.363. The van der Waals surface area contributed by atoms with E-state index in [2.05, 4.69) is 44.0 Å². The predicted octanol–water partition coefficient (Wildman–Crippen LogP) is 1.88. The van der Waals surface area contributed by atoms with E-state index in [0.717, 1.165) is 6.04 Å². The number of hydrogen-bond acceptors (Lipinski definition) is 2. The Morgan fingerprint density at radius 3 is 2.53 bits per heavy atom. The molecular weight excluding hydrogens is 228 g/mol. The van der Waals surface area contributed by atoms with Crippen LogP contribution in [0.2, 0.25) is 6.04 Å². The van der Waals surface area contributed by atoms with E-state index >= 15 is 0 Å². The Hall–Kier alpha value is -1.08. The molecule has 0 unspecified atom stereocenters. The van der Waals surface area contributed by atoms with Crippen molar-refractivity contribution in [2.45, 2.75) is 19.9 Å². The van der Waals surface area contributed by atoms with E-state index in [1.54, 1.807) is 0 Å². The molecule has 0 bridgehead atoms. The van der Waals surface area contributed by atoms with E-state index in [9.17, 15) is 0 Å². The molecule has 1 aromatic carbocycles. The van der Waals surface area contributed by atoms with E-state index in [1.165, 1.54) is 10.8 Å². The van der Waals surface area contributed by atoms with Crippen molar-refractivity contribution in [3.63, 3.8) is 0 Å². The Morgan fingerprint density at radius 1 is 1.24 bits per heavy atom. The van der Waals surface area contributed by atoms with E-state index in [0.29, 0.717) is 19.8 Å². The van der Waals surface area contributed by atoms with Gasteiger partial charge in [-0.3, -0.25) is 0 Å². The van der Waals surface area contributed by atoms with Crippen LogP contribution in [-0.2, 0) is 9.16 Å². The third-order valence-corrected chi connectivity index (χ3v) is 4.56. The molecule has 91 valence electrons. The van der Waals surface area contributed by atoms with Crippen molar-refractivity contribution < 1.29 is 9.16 Å². The summed E-state index contributed by atoms with van der Waals surface area (Å²) in [6, 6.07) is 9.65. The molecule has 0 aromatic heterocycles. The summed E-state index contributed by atoms with van der Waals surface area (Å²) in [6.45, 7) is 5.82. The normalized spacial score (nSPS) is 10.5.